The van der Waals surface area contributed by atoms with Gasteiger partial charge in [-0.3, -0.25) is 4.98 Å². The van der Waals surface area contributed by atoms with Crippen LogP contribution in [0.3, 0.4) is 0 Å². The quantitative estimate of drug-likeness (QED) is 0.652. The molecule has 1 heterocycles. The molecule has 0 atom stereocenters. The Morgan fingerprint density at radius 1 is 1.55 bits per heavy atom. The molecule has 1 aromatic rings. The van der Waals surface area contributed by atoms with Gasteiger partial charge in [0.1, 0.15) is 17.3 Å². The van der Waals surface area contributed by atoms with Crippen LogP contribution in [0.15, 0.2) is 12.3 Å². The normalized spacial score (nSPS) is 10.1. The summed E-state index contributed by atoms with van der Waals surface area (Å²) in [7, 11) is 1.42. The van der Waals surface area contributed by atoms with Crippen LogP contribution in [0, 0.1) is 11.6 Å². The van der Waals surface area contributed by atoms with Gasteiger partial charge in [0.05, 0.1) is 12.8 Å². The van der Waals surface area contributed by atoms with Crippen LogP contribution >= 0.6 is 0 Å². The molecule has 1 aromatic heterocycles. The van der Waals surface area contributed by atoms with Crippen molar-refractivity contribution in [1.82, 2.24) is 4.98 Å². The highest BCUT2D eigenvalue weighted by Gasteiger charge is 2.03. The third kappa shape index (κ3) is 1.94. The van der Waals surface area contributed by atoms with E-state index in [-0.39, 0.29) is 12.3 Å². The molecule has 0 aliphatic carbocycles. The van der Waals surface area contributed by atoms with Crippen LogP contribution in [-0.2, 0) is 11.3 Å². The van der Waals surface area contributed by atoms with Gasteiger partial charge in [0.25, 0.3) is 0 Å². The van der Waals surface area contributed by atoms with Gasteiger partial charge in [0.2, 0.25) is 0 Å². The maximum Gasteiger partial charge on any atom is 0.150 e. The second-order valence-corrected chi connectivity index (χ2v) is 2.02. The molecule has 0 aromatic carbocycles. The van der Waals surface area contributed by atoms with E-state index in [1.54, 1.807) is 0 Å². The summed E-state index contributed by atoms with van der Waals surface area (Å²) < 4.78 is 29.5. The minimum absolute atomic E-state index is 0.0616. The zero-order valence-corrected chi connectivity index (χ0v) is 5.97. The fraction of sp³-hybridized carbons (Fsp3) is 0.286. The summed E-state index contributed by atoms with van der Waals surface area (Å²) in [5, 5.41) is 0. The molecule has 0 fully saturated rings. The second-order valence-electron chi connectivity index (χ2n) is 2.02. The van der Waals surface area contributed by atoms with Gasteiger partial charge < -0.3 is 4.74 Å². The van der Waals surface area contributed by atoms with Crippen molar-refractivity contribution in [2.24, 2.45) is 0 Å². The van der Waals surface area contributed by atoms with Gasteiger partial charge in [-0.25, -0.2) is 8.78 Å². The molecular weight excluding hydrogens is 152 g/mol. The van der Waals surface area contributed by atoms with Gasteiger partial charge in [-0.1, -0.05) is 0 Å². The SMILES string of the molecule is COCc1ncc(F)cc1F. The largest absolute Gasteiger partial charge is 0.378 e. The Hall–Kier alpha value is -1.03. The van der Waals surface area contributed by atoms with Gasteiger partial charge >= 0.3 is 0 Å². The zero-order valence-electron chi connectivity index (χ0n) is 5.97. The van der Waals surface area contributed by atoms with Gasteiger partial charge in [-0.15, -0.1) is 0 Å². The number of pyridine rings is 1. The van der Waals surface area contributed by atoms with E-state index >= 15 is 0 Å². The number of aromatic nitrogens is 1. The average molecular weight is 159 g/mol. The highest BCUT2D eigenvalue weighted by Crippen LogP contribution is 2.06. The molecule has 0 N–H and O–H groups in total. The molecule has 0 unspecified atom stereocenters. The van der Waals surface area contributed by atoms with Crippen LogP contribution in [-0.4, -0.2) is 12.1 Å². The fourth-order valence-electron chi connectivity index (χ4n) is 0.686. The van der Waals surface area contributed by atoms with Crippen molar-refractivity contribution >= 4 is 0 Å². The number of ether oxygens (including phenoxy) is 1. The average Bonchev–Trinajstić information content (AvgIpc) is 1.95. The van der Waals surface area contributed by atoms with Gasteiger partial charge in [0.15, 0.2) is 0 Å². The van der Waals surface area contributed by atoms with Gasteiger partial charge in [-0.05, 0) is 0 Å². The molecule has 0 bridgehead atoms. The predicted molar refractivity (Wildman–Crippen MR) is 34.9 cm³/mol. The Morgan fingerprint density at radius 2 is 2.27 bits per heavy atom. The first-order chi connectivity index (χ1) is 5.24. The van der Waals surface area contributed by atoms with E-state index in [4.69, 9.17) is 0 Å². The number of halogens is 2. The molecule has 2 nitrogen and oxygen atoms in total. The minimum Gasteiger partial charge on any atom is -0.378 e. The summed E-state index contributed by atoms with van der Waals surface area (Å²) in [6.45, 7) is 0.0616. The van der Waals surface area contributed by atoms with E-state index in [9.17, 15) is 8.78 Å². The van der Waals surface area contributed by atoms with Crippen molar-refractivity contribution in [3.05, 3.63) is 29.6 Å². The van der Waals surface area contributed by atoms with E-state index in [0.717, 1.165) is 12.3 Å². The highest BCUT2D eigenvalue weighted by molar-refractivity contribution is 5.07. The monoisotopic (exact) mass is 159 g/mol. The molecular formula is C7H7F2NO. The number of nitrogens with zero attached hydrogens (tertiary/aromatic N) is 1. The van der Waals surface area contributed by atoms with Crippen molar-refractivity contribution in [3.63, 3.8) is 0 Å². The van der Waals surface area contributed by atoms with Crippen LogP contribution in [0.4, 0.5) is 8.78 Å². The molecule has 60 valence electrons. The topological polar surface area (TPSA) is 22.1 Å². The van der Waals surface area contributed by atoms with Crippen LogP contribution < -0.4 is 0 Å². The Labute approximate surface area is 62.8 Å². The summed E-state index contributed by atoms with van der Waals surface area (Å²) >= 11 is 0. The molecule has 0 aliphatic heterocycles. The Kier molecular flexibility index (Phi) is 2.48. The van der Waals surface area contributed by atoms with E-state index in [2.05, 4.69) is 9.72 Å². The van der Waals surface area contributed by atoms with Crippen molar-refractivity contribution in [2.75, 3.05) is 7.11 Å². The van der Waals surface area contributed by atoms with Gasteiger partial charge in [-0.2, -0.15) is 0 Å². The predicted octanol–water partition coefficient (Wildman–Crippen LogP) is 1.51. The first-order valence-corrected chi connectivity index (χ1v) is 3.03. The lowest BCUT2D eigenvalue weighted by Gasteiger charge is -1.98. The van der Waals surface area contributed by atoms with Crippen molar-refractivity contribution in [1.29, 1.82) is 0 Å². The highest BCUT2D eigenvalue weighted by atomic mass is 19.1. The maximum absolute atomic E-state index is 12.7. The molecule has 11 heavy (non-hydrogen) atoms. The Balaban J connectivity index is 2.90. The molecule has 0 saturated heterocycles. The standard InChI is InChI=1S/C7H7F2NO/c1-11-4-7-6(9)2-5(8)3-10-7/h2-3H,4H2,1H3. The minimum atomic E-state index is -0.678. The number of hydrogen-bond donors (Lipinski definition) is 0. The second kappa shape index (κ2) is 3.39. The molecule has 1 rings (SSSR count). The Morgan fingerprint density at radius 3 is 2.82 bits per heavy atom. The van der Waals surface area contributed by atoms with Gasteiger partial charge in [0, 0.05) is 13.2 Å². The van der Waals surface area contributed by atoms with E-state index in [0.29, 0.717) is 0 Å². The molecule has 0 saturated carbocycles. The van der Waals surface area contributed by atoms with Crippen molar-refractivity contribution < 1.29 is 13.5 Å². The summed E-state index contributed by atoms with van der Waals surface area (Å²) in [5.74, 6) is -1.35. The smallest absolute Gasteiger partial charge is 0.150 e. The summed E-state index contributed by atoms with van der Waals surface area (Å²) in [6, 6.07) is 0.779. The summed E-state index contributed by atoms with van der Waals surface area (Å²) in [6.07, 6.45) is 0.956. The van der Waals surface area contributed by atoms with Crippen molar-refractivity contribution in [2.45, 2.75) is 6.61 Å². The number of rotatable bonds is 2. The molecule has 0 amide bonds. The number of hydrogen-bond acceptors (Lipinski definition) is 2. The van der Waals surface area contributed by atoms with Crippen LogP contribution in [0.25, 0.3) is 0 Å². The lowest BCUT2D eigenvalue weighted by Crippen LogP contribution is -1.97. The van der Waals surface area contributed by atoms with E-state index in [1.165, 1.54) is 7.11 Å². The third-order valence-electron chi connectivity index (χ3n) is 1.17. The molecule has 4 heteroatoms. The van der Waals surface area contributed by atoms with Crippen LogP contribution in [0.1, 0.15) is 5.69 Å². The fourth-order valence-corrected chi connectivity index (χ4v) is 0.686. The first-order valence-electron chi connectivity index (χ1n) is 3.03. The van der Waals surface area contributed by atoms with Crippen molar-refractivity contribution in [3.8, 4) is 0 Å². The summed E-state index contributed by atoms with van der Waals surface area (Å²) in [4.78, 5) is 3.49. The number of methoxy groups -OCH3 is 1. The maximum atomic E-state index is 12.7. The van der Waals surface area contributed by atoms with E-state index < -0.39 is 11.6 Å². The lowest BCUT2D eigenvalue weighted by atomic mass is 10.3. The third-order valence-corrected chi connectivity index (χ3v) is 1.17. The molecule has 0 spiro atoms. The lowest BCUT2D eigenvalue weighted by molar-refractivity contribution is 0.177. The van der Waals surface area contributed by atoms with Crippen LogP contribution in [0.2, 0.25) is 0 Å². The Bertz CT molecular complexity index is 252. The first kappa shape index (κ1) is 8.07. The molecule has 0 aliphatic rings. The van der Waals surface area contributed by atoms with Crippen LogP contribution in [0.5, 0.6) is 0 Å². The molecule has 0 radical (unpaired) electrons. The van der Waals surface area contributed by atoms with E-state index in [1.807, 2.05) is 0 Å². The zero-order chi connectivity index (χ0) is 8.27. The summed E-state index contributed by atoms with van der Waals surface area (Å²) in [5.41, 5.74) is 0.119.